The van der Waals surface area contributed by atoms with Gasteiger partial charge in [-0.3, -0.25) is 14.7 Å². The van der Waals surface area contributed by atoms with Gasteiger partial charge in [0, 0.05) is 43.7 Å². The summed E-state index contributed by atoms with van der Waals surface area (Å²) in [4.78, 5) is 17.0. The average molecular weight is 467 g/mol. The summed E-state index contributed by atoms with van der Waals surface area (Å²) in [7, 11) is 0. The molecule has 10 heteroatoms. The summed E-state index contributed by atoms with van der Waals surface area (Å²) in [5, 5.41) is 19.4. The molecular formula is C24H23F2N5O3. The maximum absolute atomic E-state index is 14.7. The number of carboxylic acids is 1. The smallest absolute Gasteiger partial charge is 0.309 e. The zero-order valence-electron chi connectivity index (χ0n) is 18.5. The molecule has 3 aromatic rings. The number of carboxylic acid groups (broad SMARTS) is 1. The number of carbonyl (C=O) groups is 1. The van der Waals surface area contributed by atoms with Crippen LogP contribution in [0.5, 0.6) is 0 Å². The van der Waals surface area contributed by atoms with Crippen LogP contribution in [0.15, 0.2) is 52.1 Å². The van der Waals surface area contributed by atoms with Crippen LogP contribution in [-0.4, -0.2) is 56.5 Å². The molecule has 176 valence electrons. The van der Waals surface area contributed by atoms with Crippen molar-refractivity contribution in [3.8, 4) is 11.4 Å². The highest BCUT2D eigenvalue weighted by Crippen LogP contribution is 2.32. The largest absolute Gasteiger partial charge is 0.481 e. The fourth-order valence-corrected chi connectivity index (χ4v) is 4.36. The third kappa shape index (κ3) is 4.16. The molecule has 1 unspecified atom stereocenters. The SMILES string of the molecule is CCN1N=C(c2nc(-c3cc(F)c(CN4CC(C(=O)O)C4)c(F)c3)no2)CC1c1ccccc1. The van der Waals surface area contributed by atoms with Gasteiger partial charge < -0.3 is 9.63 Å². The summed E-state index contributed by atoms with van der Waals surface area (Å²) >= 11 is 0. The Kier molecular flexibility index (Phi) is 5.82. The number of halogens is 2. The van der Waals surface area contributed by atoms with Crippen LogP contribution in [0.2, 0.25) is 0 Å². The molecule has 0 amide bonds. The van der Waals surface area contributed by atoms with Crippen molar-refractivity contribution in [1.29, 1.82) is 0 Å². The van der Waals surface area contributed by atoms with E-state index in [1.807, 2.05) is 42.3 Å². The molecule has 0 aliphatic carbocycles. The first-order chi connectivity index (χ1) is 16.4. The predicted molar refractivity (Wildman–Crippen MR) is 119 cm³/mol. The third-order valence-corrected chi connectivity index (χ3v) is 6.26. The zero-order valence-corrected chi connectivity index (χ0v) is 18.5. The minimum Gasteiger partial charge on any atom is -0.481 e. The van der Waals surface area contributed by atoms with Crippen molar-refractivity contribution in [2.45, 2.75) is 25.9 Å². The molecule has 2 aliphatic rings. The normalized spacial score (nSPS) is 18.7. The van der Waals surface area contributed by atoms with Gasteiger partial charge in [0.05, 0.1) is 12.0 Å². The van der Waals surface area contributed by atoms with Crippen molar-refractivity contribution in [2.75, 3.05) is 19.6 Å². The van der Waals surface area contributed by atoms with E-state index in [2.05, 4.69) is 15.2 Å². The van der Waals surface area contributed by atoms with Crippen LogP contribution in [0.25, 0.3) is 11.4 Å². The predicted octanol–water partition coefficient (Wildman–Crippen LogP) is 3.70. The lowest BCUT2D eigenvalue weighted by Gasteiger charge is -2.36. The van der Waals surface area contributed by atoms with Crippen LogP contribution in [0.4, 0.5) is 8.78 Å². The number of rotatable bonds is 7. The number of hydrazone groups is 1. The lowest BCUT2D eigenvalue weighted by molar-refractivity contribution is -0.147. The second-order valence-electron chi connectivity index (χ2n) is 8.50. The molecule has 0 bridgehead atoms. The van der Waals surface area contributed by atoms with Crippen molar-refractivity contribution in [3.63, 3.8) is 0 Å². The second-order valence-corrected chi connectivity index (χ2v) is 8.50. The Balaban J connectivity index is 1.32. The van der Waals surface area contributed by atoms with Gasteiger partial charge in [-0.1, -0.05) is 35.5 Å². The van der Waals surface area contributed by atoms with Crippen LogP contribution < -0.4 is 0 Å². The minimum absolute atomic E-state index is 0.00372. The highest BCUT2D eigenvalue weighted by molar-refractivity contribution is 5.98. The molecule has 0 radical (unpaired) electrons. The second kappa shape index (κ2) is 8.94. The highest BCUT2D eigenvalue weighted by Gasteiger charge is 2.34. The topological polar surface area (TPSA) is 95.1 Å². The van der Waals surface area contributed by atoms with Crippen molar-refractivity contribution in [2.24, 2.45) is 11.0 Å². The van der Waals surface area contributed by atoms with Crippen LogP contribution >= 0.6 is 0 Å². The van der Waals surface area contributed by atoms with Crippen LogP contribution in [-0.2, 0) is 11.3 Å². The highest BCUT2D eigenvalue weighted by atomic mass is 19.1. The molecule has 1 fully saturated rings. The third-order valence-electron chi connectivity index (χ3n) is 6.26. The molecule has 34 heavy (non-hydrogen) atoms. The molecule has 1 saturated heterocycles. The number of hydrogen-bond donors (Lipinski definition) is 1. The Morgan fingerprint density at radius 1 is 1.18 bits per heavy atom. The maximum Gasteiger partial charge on any atom is 0.309 e. The first kappa shape index (κ1) is 22.1. The molecular weight excluding hydrogens is 444 g/mol. The molecule has 0 saturated carbocycles. The fourth-order valence-electron chi connectivity index (χ4n) is 4.36. The molecule has 5 rings (SSSR count). The van der Waals surface area contributed by atoms with E-state index in [0.717, 1.165) is 5.56 Å². The summed E-state index contributed by atoms with van der Waals surface area (Å²) < 4.78 is 34.8. The van der Waals surface area contributed by atoms with E-state index >= 15 is 0 Å². The van der Waals surface area contributed by atoms with Crippen LogP contribution in [0.3, 0.4) is 0 Å². The van der Waals surface area contributed by atoms with E-state index in [-0.39, 0.29) is 48.5 Å². The molecule has 8 nitrogen and oxygen atoms in total. The van der Waals surface area contributed by atoms with E-state index in [4.69, 9.17) is 9.63 Å². The summed E-state index contributed by atoms with van der Waals surface area (Å²) in [6.07, 6.45) is 0.578. The quantitative estimate of drug-likeness (QED) is 0.566. The molecule has 0 spiro atoms. The van der Waals surface area contributed by atoms with Gasteiger partial charge in [-0.2, -0.15) is 10.1 Å². The standard InChI is InChI=1S/C24H23F2N5O3/c1-2-31-21(14-6-4-3-5-7-14)10-20(28-31)23-27-22(29-34-23)15-8-18(25)17(19(26)9-15)13-30-11-16(12-30)24(32)33/h3-9,16,21H,2,10-13H2,1H3,(H,32,33). The number of nitrogens with zero attached hydrogens (tertiary/aromatic N) is 5. The monoisotopic (exact) mass is 467 g/mol. The van der Waals surface area contributed by atoms with E-state index in [0.29, 0.717) is 18.7 Å². The molecule has 3 heterocycles. The summed E-state index contributed by atoms with van der Waals surface area (Å²) in [6, 6.07) is 12.4. The summed E-state index contributed by atoms with van der Waals surface area (Å²) in [6.45, 7) is 3.25. The Bertz CT molecular complexity index is 1220. The van der Waals surface area contributed by atoms with Crippen LogP contribution in [0.1, 0.15) is 36.4 Å². The lowest BCUT2D eigenvalue weighted by atomic mass is 9.99. The molecule has 2 aromatic carbocycles. The van der Waals surface area contributed by atoms with E-state index in [9.17, 15) is 13.6 Å². The summed E-state index contributed by atoms with van der Waals surface area (Å²) in [5.41, 5.74) is 1.80. The Morgan fingerprint density at radius 3 is 2.53 bits per heavy atom. The Hall–Kier alpha value is -3.66. The van der Waals surface area contributed by atoms with E-state index in [1.165, 1.54) is 12.1 Å². The van der Waals surface area contributed by atoms with Crippen molar-refractivity contribution < 1.29 is 23.2 Å². The number of aromatic nitrogens is 2. The molecule has 1 N–H and O–H groups in total. The summed E-state index contributed by atoms with van der Waals surface area (Å²) in [5.74, 6) is -2.57. The van der Waals surface area contributed by atoms with Gasteiger partial charge in [-0.05, 0) is 24.6 Å². The van der Waals surface area contributed by atoms with Gasteiger partial charge in [0.25, 0.3) is 5.89 Å². The first-order valence-electron chi connectivity index (χ1n) is 11.1. The van der Waals surface area contributed by atoms with E-state index in [1.54, 1.807) is 4.90 Å². The van der Waals surface area contributed by atoms with Crippen molar-refractivity contribution >= 4 is 11.7 Å². The molecule has 1 aromatic heterocycles. The number of benzene rings is 2. The van der Waals surface area contributed by atoms with Gasteiger partial charge in [0.2, 0.25) is 5.82 Å². The first-order valence-corrected chi connectivity index (χ1v) is 11.1. The number of aliphatic carboxylic acids is 1. The maximum atomic E-state index is 14.7. The van der Waals surface area contributed by atoms with Gasteiger partial charge in [0.1, 0.15) is 17.3 Å². The Labute approximate surface area is 194 Å². The average Bonchev–Trinajstić information content (AvgIpc) is 3.45. The van der Waals surface area contributed by atoms with Gasteiger partial charge >= 0.3 is 5.97 Å². The van der Waals surface area contributed by atoms with Crippen molar-refractivity contribution in [1.82, 2.24) is 20.0 Å². The minimum atomic E-state index is -0.899. The molecule has 2 aliphatic heterocycles. The number of hydrogen-bond acceptors (Lipinski definition) is 7. The van der Waals surface area contributed by atoms with Gasteiger partial charge in [-0.15, -0.1) is 0 Å². The lowest BCUT2D eigenvalue weighted by Crippen LogP contribution is -2.49. The zero-order chi connectivity index (χ0) is 23.8. The van der Waals surface area contributed by atoms with Crippen molar-refractivity contribution in [3.05, 3.63) is 71.1 Å². The number of likely N-dealkylation sites (tertiary alicyclic amines) is 1. The van der Waals surface area contributed by atoms with Gasteiger partial charge in [0.15, 0.2) is 0 Å². The molecule has 1 atom stereocenters. The Morgan fingerprint density at radius 2 is 1.88 bits per heavy atom. The fraction of sp³-hybridized carbons (Fsp3) is 0.333. The van der Waals surface area contributed by atoms with Crippen LogP contribution in [0, 0.1) is 17.6 Å². The van der Waals surface area contributed by atoms with Gasteiger partial charge in [-0.25, -0.2) is 8.78 Å². The van der Waals surface area contributed by atoms with E-state index < -0.39 is 23.5 Å².